The summed E-state index contributed by atoms with van der Waals surface area (Å²) in [5, 5.41) is 10.0. The van der Waals surface area contributed by atoms with Gasteiger partial charge in [-0.3, -0.25) is 4.79 Å². The van der Waals surface area contributed by atoms with Crippen molar-refractivity contribution in [3.05, 3.63) is 66.4 Å². The van der Waals surface area contributed by atoms with Crippen LogP contribution in [0.15, 0.2) is 60.8 Å². The second kappa shape index (κ2) is 9.88. The fourth-order valence-electron chi connectivity index (χ4n) is 3.08. The van der Waals surface area contributed by atoms with Gasteiger partial charge in [-0.1, -0.05) is 77.3 Å². The highest BCUT2D eigenvalue weighted by Gasteiger charge is 2.34. The summed E-state index contributed by atoms with van der Waals surface area (Å²) in [6.45, 7) is 0. The Bertz CT molecular complexity index is 1030. The number of halogens is 3. The summed E-state index contributed by atoms with van der Waals surface area (Å²) in [5.41, 5.74) is 2.84. The van der Waals surface area contributed by atoms with E-state index >= 15 is 0 Å². The number of aromatic nitrogens is 1. The summed E-state index contributed by atoms with van der Waals surface area (Å²) in [4.78, 5) is 12.4. The van der Waals surface area contributed by atoms with Crippen molar-refractivity contribution in [2.75, 3.05) is 5.32 Å². The monoisotopic (exact) mass is 482 g/mol. The number of benzene rings is 2. The summed E-state index contributed by atoms with van der Waals surface area (Å²) in [6, 6.07) is 17.5. The summed E-state index contributed by atoms with van der Waals surface area (Å²) < 4.78 is 0.184. The van der Waals surface area contributed by atoms with Gasteiger partial charge in [0, 0.05) is 25.1 Å². The lowest BCUT2D eigenvalue weighted by molar-refractivity contribution is -0.121. The van der Waals surface area contributed by atoms with Crippen molar-refractivity contribution in [1.29, 1.82) is 0 Å². The number of amides is 1. The van der Waals surface area contributed by atoms with Crippen LogP contribution in [0.1, 0.15) is 12.0 Å². The summed E-state index contributed by atoms with van der Waals surface area (Å²) in [5.74, 6) is -0.255. The quantitative estimate of drug-likeness (QED) is 0.265. The van der Waals surface area contributed by atoms with Crippen LogP contribution in [-0.4, -0.2) is 25.5 Å². The first-order valence-corrected chi connectivity index (χ1v) is 10.8. The fraction of sp³-hybridized carbons (Fsp3) is 0.238. The molecule has 0 saturated carbocycles. The summed E-state index contributed by atoms with van der Waals surface area (Å²) in [7, 11) is 1.95. The number of nitrogens with zero attached hydrogens (tertiary/aromatic N) is 1. The molecule has 0 radical (unpaired) electrons. The molecule has 2 aromatic carbocycles. The number of nitrogens with one attached hydrogen (secondary N) is 3. The molecule has 1 unspecified atom stereocenters. The molecule has 3 aromatic rings. The predicted octanol–water partition coefficient (Wildman–Crippen LogP) is 4.91. The number of anilines is 1. The molecule has 0 aliphatic carbocycles. The molecule has 1 aromatic heterocycles. The van der Waals surface area contributed by atoms with E-state index in [1.807, 2.05) is 72.4 Å². The lowest BCUT2D eigenvalue weighted by Crippen LogP contribution is -2.56. The molecule has 30 heavy (non-hydrogen) atoms. The van der Waals surface area contributed by atoms with Crippen LogP contribution in [0.25, 0.3) is 10.9 Å². The minimum absolute atomic E-state index is 0.225. The zero-order chi connectivity index (χ0) is 21.7. The molecule has 1 heterocycles. The minimum Gasteiger partial charge on any atom is -0.349 e. The predicted molar refractivity (Wildman–Crippen MR) is 129 cm³/mol. The number of hydrogen-bond acceptors (Lipinski definition) is 2. The Balaban J connectivity index is 1.63. The first-order valence-electron chi connectivity index (χ1n) is 9.25. The van der Waals surface area contributed by atoms with Gasteiger partial charge in [-0.25, -0.2) is 0 Å². The molecule has 9 heteroatoms. The maximum atomic E-state index is 12.4. The lowest BCUT2D eigenvalue weighted by Gasteiger charge is -2.28. The Kier molecular flexibility index (Phi) is 7.47. The molecular formula is C21H21Cl3N4OS. The molecule has 0 spiro atoms. The smallest absolute Gasteiger partial charge is 0.228 e. The number of carbonyl (C=O) groups excluding carboxylic acids is 1. The Morgan fingerprint density at radius 3 is 2.50 bits per heavy atom. The Morgan fingerprint density at radius 2 is 1.80 bits per heavy atom. The highest BCUT2D eigenvalue weighted by atomic mass is 35.6. The van der Waals surface area contributed by atoms with Gasteiger partial charge >= 0.3 is 0 Å². The van der Waals surface area contributed by atoms with E-state index in [4.69, 9.17) is 47.0 Å². The van der Waals surface area contributed by atoms with E-state index in [1.54, 1.807) is 0 Å². The molecular weight excluding hydrogens is 463 g/mol. The van der Waals surface area contributed by atoms with E-state index in [-0.39, 0.29) is 17.4 Å². The summed E-state index contributed by atoms with van der Waals surface area (Å²) in [6.07, 6.45) is 1.80. The van der Waals surface area contributed by atoms with Gasteiger partial charge in [0.05, 0.1) is 11.2 Å². The van der Waals surface area contributed by atoms with Crippen LogP contribution in [-0.2, 0) is 18.3 Å². The van der Waals surface area contributed by atoms with Crippen molar-refractivity contribution >= 4 is 74.6 Å². The normalized spacial score (nSPS) is 12.4. The van der Waals surface area contributed by atoms with E-state index in [2.05, 4.69) is 16.0 Å². The average molecular weight is 484 g/mol. The van der Waals surface area contributed by atoms with Crippen molar-refractivity contribution in [3.63, 3.8) is 0 Å². The van der Waals surface area contributed by atoms with Gasteiger partial charge in [0.2, 0.25) is 9.70 Å². The average Bonchev–Trinajstić information content (AvgIpc) is 3.08. The third-order valence-electron chi connectivity index (χ3n) is 4.54. The number of rotatable bonds is 6. The van der Waals surface area contributed by atoms with Gasteiger partial charge in [0.25, 0.3) is 0 Å². The molecule has 0 bridgehead atoms. The summed E-state index contributed by atoms with van der Waals surface area (Å²) >= 11 is 23.6. The molecule has 0 saturated heterocycles. The number of thiocarbonyl (C=S) groups is 1. The number of carbonyl (C=O) groups is 1. The van der Waals surface area contributed by atoms with E-state index in [0.29, 0.717) is 6.42 Å². The minimum atomic E-state index is -1.80. The molecule has 3 N–H and O–H groups in total. The van der Waals surface area contributed by atoms with Crippen molar-refractivity contribution in [1.82, 2.24) is 15.2 Å². The van der Waals surface area contributed by atoms with Crippen LogP contribution in [0.3, 0.4) is 0 Å². The second-order valence-electron chi connectivity index (χ2n) is 6.80. The van der Waals surface area contributed by atoms with E-state index in [9.17, 15) is 4.79 Å². The van der Waals surface area contributed by atoms with E-state index < -0.39 is 9.96 Å². The van der Waals surface area contributed by atoms with Gasteiger partial charge in [0.15, 0.2) is 5.11 Å². The molecule has 0 aliphatic rings. The van der Waals surface area contributed by atoms with Crippen LogP contribution in [0.2, 0.25) is 0 Å². The first kappa shape index (κ1) is 22.7. The molecule has 1 amide bonds. The lowest BCUT2D eigenvalue weighted by atomic mass is 10.1. The topological polar surface area (TPSA) is 58.1 Å². The largest absolute Gasteiger partial charge is 0.349 e. The highest BCUT2D eigenvalue weighted by molar-refractivity contribution is 7.80. The Labute approximate surface area is 195 Å². The third-order valence-corrected chi connectivity index (χ3v) is 5.41. The van der Waals surface area contributed by atoms with Gasteiger partial charge in [0.1, 0.15) is 6.17 Å². The molecule has 158 valence electrons. The number of hydrogen-bond donors (Lipinski definition) is 3. The number of alkyl halides is 3. The SMILES string of the molecule is Cn1ccc2cccc(NC(=S)NC(NC(=O)CCc3ccccc3)C(Cl)(Cl)Cl)c21. The van der Waals surface area contributed by atoms with Crippen molar-refractivity contribution < 1.29 is 4.79 Å². The first-order chi connectivity index (χ1) is 14.2. The fourth-order valence-corrected chi connectivity index (χ4v) is 3.64. The number of aryl methyl sites for hydroxylation is 2. The maximum absolute atomic E-state index is 12.4. The van der Waals surface area contributed by atoms with Crippen LogP contribution in [0, 0.1) is 0 Å². The van der Waals surface area contributed by atoms with Crippen molar-refractivity contribution in [3.8, 4) is 0 Å². The van der Waals surface area contributed by atoms with Gasteiger partial charge < -0.3 is 20.5 Å². The van der Waals surface area contributed by atoms with Crippen LogP contribution < -0.4 is 16.0 Å². The Hall–Kier alpha value is -1.99. The Morgan fingerprint density at radius 1 is 1.07 bits per heavy atom. The van der Waals surface area contributed by atoms with E-state index in [0.717, 1.165) is 22.2 Å². The van der Waals surface area contributed by atoms with E-state index in [1.165, 1.54) is 0 Å². The zero-order valence-electron chi connectivity index (χ0n) is 16.2. The zero-order valence-corrected chi connectivity index (χ0v) is 19.2. The van der Waals surface area contributed by atoms with Gasteiger partial charge in [-0.2, -0.15) is 0 Å². The van der Waals surface area contributed by atoms with Crippen molar-refractivity contribution in [2.24, 2.45) is 7.05 Å². The second-order valence-corrected chi connectivity index (χ2v) is 9.57. The van der Waals surface area contributed by atoms with Crippen LogP contribution >= 0.6 is 47.0 Å². The van der Waals surface area contributed by atoms with Crippen molar-refractivity contribution in [2.45, 2.75) is 22.8 Å². The molecule has 5 nitrogen and oxygen atoms in total. The van der Waals surface area contributed by atoms with Gasteiger partial charge in [-0.15, -0.1) is 0 Å². The van der Waals surface area contributed by atoms with Crippen LogP contribution in [0.5, 0.6) is 0 Å². The number of fused-ring (bicyclic) bond motifs is 1. The van der Waals surface area contributed by atoms with Crippen LogP contribution in [0.4, 0.5) is 5.69 Å². The molecule has 1 atom stereocenters. The molecule has 0 fully saturated rings. The molecule has 3 rings (SSSR count). The third kappa shape index (κ3) is 6.01. The molecule has 0 aliphatic heterocycles. The standard InChI is InChI=1S/C21H21Cl3N4OS/c1-28-13-12-15-8-5-9-16(18(15)28)25-20(30)27-19(21(22,23)24)26-17(29)11-10-14-6-3-2-4-7-14/h2-9,12-13,19H,10-11H2,1H3,(H,26,29)(H2,25,27,30). The maximum Gasteiger partial charge on any atom is 0.228 e. The number of para-hydroxylation sites is 1. The highest BCUT2D eigenvalue weighted by Crippen LogP contribution is 2.29. The van der Waals surface area contributed by atoms with Gasteiger partial charge in [-0.05, 0) is 36.3 Å².